The smallest absolute Gasteiger partial charge is 0.381 e. The minimum Gasteiger partial charge on any atom is -0.381 e. The van der Waals surface area contributed by atoms with Crippen LogP contribution in [0.25, 0.3) is 0 Å². The third-order valence-electron chi connectivity index (χ3n) is 2.60. The normalized spacial score (nSPS) is 11.8. The fraction of sp³-hybridized carbons (Fsp3) is 0.273. The van der Waals surface area contributed by atoms with Gasteiger partial charge in [0.25, 0.3) is 0 Å². The molecule has 0 saturated heterocycles. The predicted molar refractivity (Wildman–Crippen MR) is 59.7 cm³/mol. The van der Waals surface area contributed by atoms with E-state index < -0.39 is 11.7 Å². The maximum absolute atomic E-state index is 12.5. The van der Waals surface area contributed by atoms with Crippen molar-refractivity contribution in [2.45, 2.75) is 19.6 Å². The monoisotopic (exact) mass is 256 g/mol. The molecule has 1 aromatic carbocycles. The van der Waals surface area contributed by atoms with Gasteiger partial charge < -0.3 is 5.73 Å². The van der Waals surface area contributed by atoms with E-state index in [4.69, 9.17) is 5.73 Å². The first-order chi connectivity index (χ1) is 8.38. The van der Waals surface area contributed by atoms with Crippen LogP contribution in [0.1, 0.15) is 16.8 Å². The highest BCUT2D eigenvalue weighted by atomic mass is 19.4. The van der Waals surface area contributed by atoms with Crippen LogP contribution in [0, 0.1) is 6.92 Å². The summed E-state index contributed by atoms with van der Waals surface area (Å²) in [5.41, 5.74) is 5.97. The number of halogens is 3. The standard InChI is InChI=1S/C11H11F3N4/c1-7-10(15)16-17-18(7)6-8-3-2-4-9(5-8)11(12,13)14/h2-5H,6,15H2,1H3. The number of benzene rings is 1. The minimum absolute atomic E-state index is 0.208. The summed E-state index contributed by atoms with van der Waals surface area (Å²) in [7, 11) is 0. The van der Waals surface area contributed by atoms with E-state index in [9.17, 15) is 13.2 Å². The van der Waals surface area contributed by atoms with Crippen molar-refractivity contribution in [2.75, 3.05) is 5.73 Å². The average molecular weight is 256 g/mol. The molecule has 4 nitrogen and oxygen atoms in total. The number of aromatic nitrogens is 3. The summed E-state index contributed by atoms with van der Waals surface area (Å²) in [5, 5.41) is 7.41. The number of nitrogens with zero attached hydrogens (tertiary/aromatic N) is 3. The van der Waals surface area contributed by atoms with Crippen molar-refractivity contribution in [3.63, 3.8) is 0 Å². The summed E-state index contributed by atoms with van der Waals surface area (Å²) in [6.45, 7) is 1.92. The van der Waals surface area contributed by atoms with Gasteiger partial charge >= 0.3 is 6.18 Å². The van der Waals surface area contributed by atoms with E-state index >= 15 is 0 Å². The molecule has 0 atom stereocenters. The molecule has 0 amide bonds. The fourth-order valence-corrected chi connectivity index (χ4v) is 1.54. The van der Waals surface area contributed by atoms with Crippen LogP contribution >= 0.6 is 0 Å². The van der Waals surface area contributed by atoms with Crippen LogP contribution < -0.4 is 5.73 Å². The molecule has 0 bridgehead atoms. The lowest BCUT2D eigenvalue weighted by Crippen LogP contribution is -2.08. The predicted octanol–water partition coefficient (Wildman–Crippen LogP) is 2.24. The molecule has 2 rings (SSSR count). The van der Waals surface area contributed by atoms with Gasteiger partial charge in [0.2, 0.25) is 0 Å². The van der Waals surface area contributed by atoms with Crippen molar-refractivity contribution in [3.05, 3.63) is 41.1 Å². The van der Waals surface area contributed by atoms with Gasteiger partial charge in [0.05, 0.1) is 17.8 Å². The lowest BCUT2D eigenvalue weighted by atomic mass is 10.1. The number of nitrogens with two attached hydrogens (primary N) is 1. The molecule has 0 aliphatic carbocycles. The molecule has 0 radical (unpaired) electrons. The fourth-order valence-electron chi connectivity index (χ4n) is 1.54. The van der Waals surface area contributed by atoms with Gasteiger partial charge in [0.1, 0.15) is 0 Å². The van der Waals surface area contributed by atoms with Crippen LogP contribution in [0.4, 0.5) is 19.0 Å². The van der Waals surface area contributed by atoms with Crippen molar-refractivity contribution >= 4 is 5.82 Å². The van der Waals surface area contributed by atoms with E-state index in [0.29, 0.717) is 11.3 Å². The zero-order valence-corrected chi connectivity index (χ0v) is 9.57. The maximum Gasteiger partial charge on any atom is 0.416 e. The van der Waals surface area contributed by atoms with Gasteiger partial charge in [0, 0.05) is 0 Å². The highest BCUT2D eigenvalue weighted by molar-refractivity contribution is 5.32. The van der Waals surface area contributed by atoms with Gasteiger partial charge in [-0.25, -0.2) is 4.68 Å². The van der Waals surface area contributed by atoms with Gasteiger partial charge in [-0.1, -0.05) is 17.3 Å². The maximum atomic E-state index is 12.5. The first kappa shape index (κ1) is 12.4. The van der Waals surface area contributed by atoms with Gasteiger partial charge in [-0.05, 0) is 24.6 Å². The number of anilines is 1. The Bertz CT molecular complexity index is 560. The molecule has 2 N–H and O–H groups in total. The van der Waals surface area contributed by atoms with Gasteiger partial charge in [0.15, 0.2) is 5.82 Å². The summed E-state index contributed by atoms with van der Waals surface area (Å²) in [5.74, 6) is 0.280. The van der Waals surface area contributed by atoms with E-state index in [1.165, 1.54) is 10.7 Å². The molecular weight excluding hydrogens is 245 g/mol. The molecule has 1 heterocycles. The number of nitrogen functional groups attached to an aromatic ring is 1. The molecule has 0 aliphatic rings. The van der Waals surface area contributed by atoms with Crippen LogP contribution in [0.5, 0.6) is 0 Å². The molecule has 18 heavy (non-hydrogen) atoms. The van der Waals surface area contributed by atoms with E-state index in [1.54, 1.807) is 13.0 Å². The van der Waals surface area contributed by atoms with Crippen molar-refractivity contribution in [1.82, 2.24) is 15.0 Å². The van der Waals surface area contributed by atoms with E-state index in [0.717, 1.165) is 12.1 Å². The Morgan fingerprint density at radius 2 is 2.06 bits per heavy atom. The summed E-state index contributed by atoms with van der Waals surface area (Å²) in [6, 6.07) is 5.10. The van der Waals surface area contributed by atoms with Crippen LogP contribution in [-0.2, 0) is 12.7 Å². The van der Waals surface area contributed by atoms with E-state index in [1.807, 2.05) is 0 Å². The lowest BCUT2D eigenvalue weighted by Gasteiger charge is -2.09. The Morgan fingerprint density at radius 3 is 2.61 bits per heavy atom. The van der Waals surface area contributed by atoms with Crippen molar-refractivity contribution in [3.8, 4) is 0 Å². The Kier molecular flexibility index (Phi) is 2.98. The van der Waals surface area contributed by atoms with E-state index in [-0.39, 0.29) is 12.4 Å². The molecular formula is C11H11F3N4. The second-order valence-electron chi connectivity index (χ2n) is 3.92. The molecule has 0 fully saturated rings. The molecule has 0 unspecified atom stereocenters. The first-order valence-corrected chi connectivity index (χ1v) is 5.19. The Hall–Kier alpha value is -2.05. The lowest BCUT2D eigenvalue weighted by molar-refractivity contribution is -0.137. The molecule has 0 saturated carbocycles. The van der Waals surface area contributed by atoms with Crippen LogP contribution in [0.15, 0.2) is 24.3 Å². The third-order valence-corrected chi connectivity index (χ3v) is 2.60. The Balaban J connectivity index is 2.28. The zero-order valence-electron chi connectivity index (χ0n) is 9.57. The van der Waals surface area contributed by atoms with Crippen LogP contribution in [-0.4, -0.2) is 15.0 Å². The quantitative estimate of drug-likeness (QED) is 0.896. The van der Waals surface area contributed by atoms with Crippen LogP contribution in [0.2, 0.25) is 0 Å². The topological polar surface area (TPSA) is 56.7 Å². The molecule has 1 aromatic heterocycles. The van der Waals surface area contributed by atoms with Gasteiger partial charge in [-0.15, -0.1) is 5.10 Å². The van der Waals surface area contributed by atoms with Gasteiger partial charge in [-0.3, -0.25) is 0 Å². The van der Waals surface area contributed by atoms with Crippen LogP contribution in [0.3, 0.4) is 0 Å². The summed E-state index contributed by atoms with van der Waals surface area (Å²) in [4.78, 5) is 0. The molecule has 2 aromatic rings. The first-order valence-electron chi connectivity index (χ1n) is 5.19. The summed E-state index contributed by atoms with van der Waals surface area (Å²) in [6.07, 6.45) is -4.34. The highest BCUT2D eigenvalue weighted by Crippen LogP contribution is 2.29. The number of hydrogen-bond acceptors (Lipinski definition) is 3. The molecule has 7 heteroatoms. The van der Waals surface area contributed by atoms with Crippen molar-refractivity contribution < 1.29 is 13.2 Å². The minimum atomic E-state index is -4.34. The molecule has 0 spiro atoms. The van der Waals surface area contributed by atoms with Crippen molar-refractivity contribution in [1.29, 1.82) is 0 Å². The zero-order chi connectivity index (χ0) is 13.3. The average Bonchev–Trinajstić information content (AvgIpc) is 2.60. The largest absolute Gasteiger partial charge is 0.416 e. The van der Waals surface area contributed by atoms with Gasteiger partial charge in [-0.2, -0.15) is 13.2 Å². The second kappa shape index (κ2) is 4.32. The summed E-state index contributed by atoms with van der Waals surface area (Å²) >= 11 is 0. The Morgan fingerprint density at radius 1 is 1.33 bits per heavy atom. The van der Waals surface area contributed by atoms with Crippen molar-refractivity contribution in [2.24, 2.45) is 0 Å². The Labute approximate surface area is 101 Å². The second-order valence-corrected chi connectivity index (χ2v) is 3.92. The number of rotatable bonds is 2. The number of hydrogen-bond donors (Lipinski definition) is 1. The third kappa shape index (κ3) is 2.44. The number of alkyl halides is 3. The SMILES string of the molecule is Cc1c(N)nnn1Cc1cccc(C(F)(F)F)c1. The highest BCUT2D eigenvalue weighted by Gasteiger charge is 2.30. The van der Waals surface area contributed by atoms with E-state index in [2.05, 4.69) is 10.3 Å². The molecule has 96 valence electrons. The molecule has 0 aliphatic heterocycles. The summed E-state index contributed by atoms with van der Waals surface area (Å²) < 4.78 is 39.1.